The maximum Gasteiger partial charge on any atom is 0.198 e. The Hall–Kier alpha value is -1.02. The third-order valence-corrected chi connectivity index (χ3v) is 4.72. The average Bonchev–Trinajstić information content (AvgIpc) is 2.55. The fraction of sp³-hybridized carbons (Fsp3) is 0.500. The number of benzene rings is 1. The zero-order valence-corrected chi connectivity index (χ0v) is 10.3. The van der Waals surface area contributed by atoms with Gasteiger partial charge < -0.3 is 4.42 Å². The maximum atomic E-state index is 5.95. The minimum atomic E-state index is 0.543. The Morgan fingerprint density at radius 2 is 2.12 bits per heavy atom. The number of nitrogens with zero attached hydrogens (tertiary/aromatic N) is 1. The summed E-state index contributed by atoms with van der Waals surface area (Å²) in [5.74, 6) is 1.46. The van der Waals surface area contributed by atoms with Crippen molar-refractivity contribution < 1.29 is 4.42 Å². The van der Waals surface area contributed by atoms with Gasteiger partial charge in [-0.25, -0.2) is 4.98 Å². The highest BCUT2D eigenvalue weighted by Crippen LogP contribution is 2.61. The predicted octanol–water partition coefficient (Wildman–Crippen LogP) is 4.53. The molecule has 88 valence electrons. The fourth-order valence-corrected chi connectivity index (χ4v) is 3.50. The molecule has 0 N–H and O–H groups in total. The molecule has 2 aliphatic rings. The van der Waals surface area contributed by atoms with Crippen LogP contribution in [-0.2, 0) is 0 Å². The highest BCUT2D eigenvalue weighted by atomic mass is 35.5. The first kappa shape index (κ1) is 9.95. The van der Waals surface area contributed by atoms with Crippen molar-refractivity contribution in [2.45, 2.75) is 38.0 Å². The second kappa shape index (κ2) is 3.26. The number of hydrogen-bond donors (Lipinski definition) is 0. The molecule has 2 saturated carbocycles. The summed E-state index contributed by atoms with van der Waals surface area (Å²) in [6.45, 7) is 0. The Morgan fingerprint density at radius 3 is 2.82 bits per heavy atom. The third-order valence-electron chi connectivity index (χ3n) is 4.49. The smallest absolute Gasteiger partial charge is 0.198 e. The van der Waals surface area contributed by atoms with Crippen molar-refractivity contribution in [1.82, 2.24) is 4.98 Å². The first-order chi connectivity index (χ1) is 8.24. The van der Waals surface area contributed by atoms with Gasteiger partial charge in [0.1, 0.15) is 5.52 Å². The molecule has 0 radical (unpaired) electrons. The van der Waals surface area contributed by atoms with E-state index in [1.807, 2.05) is 18.2 Å². The number of halogens is 1. The second-order valence-corrected chi connectivity index (χ2v) is 6.06. The molecule has 0 bridgehead atoms. The lowest BCUT2D eigenvalue weighted by molar-refractivity contribution is 0.000627. The molecule has 0 saturated heterocycles. The van der Waals surface area contributed by atoms with Crippen LogP contribution in [0.5, 0.6) is 0 Å². The summed E-state index contributed by atoms with van der Waals surface area (Å²) in [5.41, 5.74) is 2.42. The van der Waals surface area contributed by atoms with Crippen LogP contribution in [-0.4, -0.2) is 4.98 Å². The molecule has 1 aromatic carbocycles. The molecule has 0 aliphatic heterocycles. The summed E-state index contributed by atoms with van der Waals surface area (Å²) in [6, 6.07) is 5.64. The molecule has 2 nitrogen and oxygen atoms in total. The Bertz CT molecular complexity index is 577. The van der Waals surface area contributed by atoms with Gasteiger partial charge in [-0.15, -0.1) is 0 Å². The van der Waals surface area contributed by atoms with E-state index >= 15 is 0 Å². The SMILES string of the molecule is Clc1ccc2oc(C3CC4(CCC4)C3)nc2c1. The van der Waals surface area contributed by atoms with Gasteiger partial charge in [0, 0.05) is 10.9 Å². The van der Waals surface area contributed by atoms with Crippen LogP contribution in [0.3, 0.4) is 0 Å². The van der Waals surface area contributed by atoms with Gasteiger partial charge in [0.2, 0.25) is 0 Å². The summed E-state index contributed by atoms with van der Waals surface area (Å²) in [6.07, 6.45) is 6.78. The number of aromatic nitrogens is 1. The van der Waals surface area contributed by atoms with Crippen LogP contribution in [0.15, 0.2) is 22.6 Å². The predicted molar refractivity (Wildman–Crippen MR) is 67.3 cm³/mol. The van der Waals surface area contributed by atoms with Gasteiger partial charge in [0.15, 0.2) is 11.5 Å². The summed E-state index contributed by atoms with van der Waals surface area (Å²) in [4.78, 5) is 4.57. The molecule has 0 amide bonds. The van der Waals surface area contributed by atoms with Crippen molar-refractivity contribution in [3.63, 3.8) is 0 Å². The third kappa shape index (κ3) is 1.43. The van der Waals surface area contributed by atoms with E-state index < -0.39 is 0 Å². The van der Waals surface area contributed by atoms with E-state index in [1.165, 1.54) is 32.1 Å². The standard InChI is InChI=1S/C14H14ClNO/c15-10-2-3-12-11(6-10)16-13(17-12)9-7-14(8-9)4-1-5-14/h2-3,6,9H,1,4-5,7-8H2. The maximum absolute atomic E-state index is 5.95. The molecule has 2 fully saturated rings. The van der Waals surface area contributed by atoms with Crippen LogP contribution in [0.2, 0.25) is 5.02 Å². The molecular weight excluding hydrogens is 234 g/mol. The Labute approximate surface area is 105 Å². The highest BCUT2D eigenvalue weighted by molar-refractivity contribution is 6.31. The lowest BCUT2D eigenvalue weighted by atomic mass is 9.52. The first-order valence-electron chi connectivity index (χ1n) is 6.30. The van der Waals surface area contributed by atoms with Crippen molar-refractivity contribution in [2.24, 2.45) is 5.41 Å². The van der Waals surface area contributed by atoms with Crippen LogP contribution in [0.1, 0.15) is 43.9 Å². The first-order valence-corrected chi connectivity index (χ1v) is 6.68. The van der Waals surface area contributed by atoms with Crippen LogP contribution >= 0.6 is 11.6 Å². The van der Waals surface area contributed by atoms with Crippen molar-refractivity contribution in [3.8, 4) is 0 Å². The Morgan fingerprint density at radius 1 is 1.29 bits per heavy atom. The summed E-state index contributed by atoms with van der Waals surface area (Å²) >= 11 is 5.95. The molecule has 0 unspecified atom stereocenters. The number of rotatable bonds is 1. The molecule has 1 spiro atoms. The molecule has 3 heteroatoms. The summed E-state index contributed by atoms with van der Waals surface area (Å²) < 4.78 is 5.82. The van der Waals surface area contributed by atoms with Crippen LogP contribution in [0, 0.1) is 5.41 Å². The largest absolute Gasteiger partial charge is 0.440 e. The Kier molecular flexibility index (Phi) is 1.91. The normalized spacial score (nSPS) is 22.6. The lowest BCUT2D eigenvalue weighted by Gasteiger charge is -2.53. The zero-order chi connectivity index (χ0) is 11.5. The van der Waals surface area contributed by atoms with Crippen molar-refractivity contribution >= 4 is 22.7 Å². The van der Waals surface area contributed by atoms with Gasteiger partial charge >= 0.3 is 0 Å². The van der Waals surface area contributed by atoms with E-state index in [1.54, 1.807) is 0 Å². The molecule has 4 rings (SSSR count). The van der Waals surface area contributed by atoms with Gasteiger partial charge in [0.05, 0.1) is 0 Å². The van der Waals surface area contributed by atoms with Gasteiger partial charge in [-0.05, 0) is 49.3 Å². The highest BCUT2D eigenvalue weighted by Gasteiger charge is 2.50. The van der Waals surface area contributed by atoms with E-state index in [2.05, 4.69) is 4.98 Å². The monoisotopic (exact) mass is 247 g/mol. The average molecular weight is 248 g/mol. The van der Waals surface area contributed by atoms with E-state index in [4.69, 9.17) is 16.0 Å². The van der Waals surface area contributed by atoms with E-state index in [9.17, 15) is 0 Å². The lowest BCUT2D eigenvalue weighted by Crippen LogP contribution is -2.41. The van der Waals surface area contributed by atoms with Crippen LogP contribution < -0.4 is 0 Å². The quantitative estimate of drug-likeness (QED) is 0.740. The summed E-state index contributed by atoms with van der Waals surface area (Å²) in [5, 5.41) is 0.724. The minimum Gasteiger partial charge on any atom is -0.440 e. The minimum absolute atomic E-state index is 0.543. The van der Waals surface area contributed by atoms with E-state index in [0.29, 0.717) is 11.3 Å². The van der Waals surface area contributed by atoms with Crippen molar-refractivity contribution in [3.05, 3.63) is 29.1 Å². The Balaban J connectivity index is 1.64. The van der Waals surface area contributed by atoms with Crippen LogP contribution in [0.25, 0.3) is 11.1 Å². The molecule has 1 aromatic heterocycles. The van der Waals surface area contributed by atoms with Gasteiger partial charge in [-0.1, -0.05) is 18.0 Å². The second-order valence-electron chi connectivity index (χ2n) is 5.62. The van der Waals surface area contributed by atoms with Gasteiger partial charge in [0.25, 0.3) is 0 Å². The van der Waals surface area contributed by atoms with E-state index in [0.717, 1.165) is 22.0 Å². The van der Waals surface area contributed by atoms with E-state index in [-0.39, 0.29) is 0 Å². The zero-order valence-electron chi connectivity index (χ0n) is 9.58. The number of fused-ring (bicyclic) bond motifs is 1. The van der Waals surface area contributed by atoms with Crippen molar-refractivity contribution in [2.75, 3.05) is 0 Å². The molecule has 1 heterocycles. The van der Waals surface area contributed by atoms with Crippen molar-refractivity contribution in [1.29, 1.82) is 0 Å². The topological polar surface area (TPSA) is 26.0 Å². The molecule has 17 heavy (non-hydrogen) atoms. The van der Waals surface area contributed by atoms with Crippen LogP contribution in [0.4, 0.5) is 0 Å². The van der Waals surface area contributed by atoms with Gasteiger partial charge in [-0.2, -0.15) is 0 Å². The summed E-state index contributed by atoms with van der Waals surface area (Å²) in [7, 11) is 0. The fourth-order valence-electron chi connectivity index (χ4n) is 3.34. The van der Waals surface area contributed by atoms with Gasteiger partial charge in [-0.3, -0.25) is 0 Å². The number of oxazole rings is 1. The molecule has 0 atom stereocenters. The molecular formula is C14H14ClNO. The molecule has 2 aliphatic carbocycles. The molecule has 2 aromatic rings. The number of hydrogen-bond acceptors (Lipinski definition) is 2.